The lowest BCUT2D eigenvalue weighted by atomic mass is 10.00. The number of halogens is 1. The van der Waals surface area contributed by atoms with E-state index in [1.807, 2.05) is 6.07 Å². The molecule has 5 heteroatoms. The van der Waals surface area contributed by atoms with E-state index in [2.05, 4.69) is 10.3 Å². The highest BCUT2D eigenvalue weighted by atomic mass is 35.5. The SMILES string of the molecule is O=C(NCC1CCOCC1)c1cnc(Cl)cc1C1CC1. The van der Waals surface area contributed by atoms with Gasteiger partial charge in [0.25, 0.3) is 5.91 Å². The molecule has 3 rings (SSSR count). The van der Waals surface area contributed by atoms with E-state index in [0.717, 1.165) is 51.0 Å². The van der Waals surface area contributed by atoms with Gasteiger partial charge in [0.1, 0.15) is 5.15 Å². The van der Waals surface area contributed by atoms with Crippen LogP contribution in [0.3, 0.4) is 0 Å². The van der Waals surface area contributed by atoms with Gasteiger partial charge >= 0.3 is 0 Å². The molecule has 1 amide bonds. The third kappa shape index (κ3) is 3.30. The lowest BCUT2D eigenvalue weighted by Crippen LogP contribution is -2.32. The second-order valence-electron chi connectivity index (χ2n) is 5.63. The fourth-order valence-corrected chi connectivity index (χ4v) is 2.82. The van der Waals surface area contributed by atoms with Crippen LogP contribution < -0.4 is 5.32 Å². The van der Waals surface area contributed by atoms with Gasteiger partial charge < -0.3 is 10.1 Å². The van der Waals surface area contributed by atoms with Crippen LogP contribution in [0.15, 0.2) is 12.3 Å². The molecule has 1 aliphatic carbocycles. The Morgan fingerprint density at radius 1 is 1.35 bits per heavy atom. The standard InChI is InChI=1S/C15H19ClN2O2/c16-14-7-12(11-1-2-11)13(9-17-14)15(19)18-8-10-3-5-20-6-4-10/h7,9-11H,1-6,8H2,(H,18,19). The number of ether oxygens (including phenoxy) is 1. The Morgan fingerprint density at radius 2 is 2.10 bits per heavy atom. The van der Waals surface area contributed by atoms with Gasteiger partial charge in [0.2, 0.25) is 0 Å². The maximum absolute atomic E-state index is 12.3. The van der Waals surface area contributed by atoms with Crippen LogP contribution in [0.25, 0.3) is 0 Å². The molecule has 0 bridgehead atoms. The second kappa shape index (κ2) is 6.10. The normalized spacial score (nSPS) is 19.9. The maximum Gasteiger partial charge on any atom is 0.253 e. The molecule has 1 aliphatic heterocycles. The summed E-state index contributed by atoms with van der Waals surface area (Å²) >= 11 is 5.94. The van der Waals surface area contributed by atoms with Gasteiger partial charge in [-0.15, -0.1) is 0 Å². The summed E-state index contributed by atoms with van der Waals surface area (Å²) in [5.41, 5.74) is 1.73. The number of nitrogens with zero attached hydrogens (tertiary/aromatic N) is 1. The smallest absolute Gasteiger partial charge is 0.253 e. The minimum absolute atomic E-state index is 0.0254. The predicted octanol–water partition coefficient (Wildman–Crippen LogP) is 2.77. The summed E-state index contributed by atoms with van der Waals surface area (Å²) in [6.45, 7) is 2.32. The van der Waals surface area contributed by atoms with E-state index in [4.69, 9.17) is 16.3 Å². The van der Waals surface area contributed by atoms with Crippen molar-refractivity contribution in [3.05, 3.63) is 28.5 Å². The zero-order valence-corrected chi connectivity index (χ0v) is 12.2. The summed E-state index contributed by atoms with van der Waals surface area (Å²) in [7, 11) is 0. The Kier molecular flexibility index (Phi) is 4.22. The number of aromatic nitrogens is 1. The van der Waals surface area contributed by atoms with Gasteiger partial charge in [-0.05, 0) is 49.1 Å². The van der Waals surface area contributed by atoms with Crippen molar-refractivity contribution >= 4 is 17.5 Å². The van der Waals surface area contributed by atoms with Crippen molar-refractivity contribution in [2.24, 2.45) is 5.92 Å². The van der Waals surface area contributed by atoms with Crippen LogP contribution in [0.4, 0.5) is 0 Å². The van der Waals surface area contributed by atoms with Crippen molar-refractivity contribution in [3.8, 4) is 0 Å². The number of hydrogen-bond acceptors (Lipinski definition) is 3. The second-order valence-corrected chi connectivity index (χ2v) is 6.02. The predicted molar refractivity (Wildman–Crippen MR) is 77.1 cm³/mol. The van der Waals surface area contributed by atoms with E-state index >= 15 is 0 Å². The quantitative estimate of drug-likeness (QED) is 0.869. The van der Waals surface area contributed by atoms with Crippen LogP contribution in [0, 0.1) is 5.92 Å². The molecule has 0 atom stereocenters. The summed E-state index contributed by atoms with van der Waals surface area (Å²) in [5, 5.41) is 3.50. The summed E-state index contributed by atoms with van der Waals surface area (Å²) < 4.78 is 5.33. The van der Waals surface area contributed by atoms with E-state index in [1.54, 1.807) is 6.20 Å². The number of carbonyl (C=O) groups is 1. The Bertz CT molecular complexity index is 497. The summed E-state index contributed by atoms with van der Waals surface area (Å²) in [5.74, 6) is 0.985. The van der Waals surface area contributed by atoms with Gasteiger partial charge in [-0.3, -0.25) is 4.79 Å². The zero-order chi connectivity index (χ0) is 13.9. The van der Waals surface area contributed by atoms with E-state index in [9.17, 15) is 4.79 Å². The molecule has 2 fully saturated rings. The minimum atomic E-state index is -0.0254. The molecule has 0 aromatic carbocycles. The van der Waals surface area contributed by atoms with E-state index in [1.165, 1.54) is 0 Å². The molecule has 0 radical (unpaired) electrons. The van der Waals surface area contributed by atoms with Gasteiger partial charge in [0, 0.05) is 26.0 Å². The van der Waals surface area contributed by atoms with Crippen molar-refractivity contribution in [1.82, 2.24) is 10.3 Å². The monoisotopic (exact) mass is 294 g/mol. The third-order valence-electron chi connectivity index (χ3n) is 4.06. The lowest BCUT2D eigenvalue weighted by Gasteiger charge is -2.22. The van der Waals surface area contributed by atoms with E-state index in [-0.39, 0.29) is 5.91 Å². The highest BCUT2D eigenvalue weighted by Gasteiger charge is 2.28. The Hall–Kier alpha value is -1.13. The molecule has 4 nitrogen and oxygen atoms in total. The molecule has 0 unspecified atom stereocenters. The highest BCUT2D eigenvalue weighted by Crippen LogP contribution is 2.42. The topological polar surface area (TPSA) is 51.2 Å². The van der Waals surface area contributed by atoms with Crippen LogP contribution in [-0.4, -0.2) is 30.6 Å². The molecular formula is C15H19ClN2O2. The van der Waals surface area contributed by atoms with Gasteiger partial charge in [-0.2, -0.15) is 0 Å². The van der Waals surface area contributed by atoms with Crippen molar-refractivity contribution < 1.29 is 9.53 Å². The average molecular weight is 295 g/mol. The van der Waals surface area contributed by atoms with Gasteiger partial charge in [0.05, 0.1) is 5.56 Å². The summed E-state index contributed by atoms with van der Waals surface area (Å²) in [6.07, 6.45) is 5.93. The fraction of sp³-hybridized carbons (Fsp3) is 0.600. The molecule has 20 heavy (non-hydrogen) atoms. The molecule has 2 heterocycles. The first kappa shape index (κ1) is 13.8. The Balaban J connectivity index is 1.64. The number of nitrogens with one attached hydrogen (secondary N) is 1. The number of amides is 1. The number of rotatable bonds is 4. The van der Waals surface area contributed by atoms with Crippen LogP contribution in [0.5, 0.6) is 0 Å². The number of pyridine rings is 1. The molecule has 108 valence electrons. The Morgan fingerprint density at radius 3 is 2.80 bits per heavy atom. The molecule has 1 aromatic rings. The highest BCUT2D eigenvalue weighted by molar-refractivity contribution is 6.29. The average Bonchev–Trinajstić information content (AvgIpc) is 3.30. The molecule has 2 aliphatic rings. The van der Waals surface area contributed by atoms with E-state index < -0.39 is 0 Å². The van der Waals surface area contributed by atoms with Crippen molar-refractivity contribution in [1.29, 1.82) is 0 Å². The Labute approximate surface area is 123 Å². The zero-order valence-electron chi connectivity index (χ0n) is 11.4. The first-order valence-electron chi connectivity index (χ1n) is 7.25. The number of hydrogen-bond donors (Lipinski definition) is 1. The summed E-state index contributed by atoms with van der Waals surface area (Å²) in [4.78, 5) is 16.4. The van der Waals surface area contributed by atoms with Crippen LogP contribution in [0.2, 0.25) is 5.15 Å². The minimum Gasteiger partial charge on any atom is -0.381 e. The van der Waals surface area contributed by atoms with Gasteiger partial charge in [0.15, 0.2) is 0 Å². The first-order valence-corrected chi connectivity index (χ1v) is 7.63. The van der Waals surface area contributed by atoms with Gasteiger partial charge in [-0.25, -0.2) is 4.98 Å². The van der Waals surface area contributed by atoms with Crippen molar-refractivity contribution in [2.75, 3.05) is 19.8 Å². The number of carbonyl (C=O) groups excluding carboxylic acids is 1. The third-order valence-corrected chi connectivity index (χ3v) is 4.26. The lowest BCUT2D eigenvalue weighted by molar-refractivity contribution is 0.0642. The van der Waals surface area contributed by atoms with Crippen LogP contribution >= 0.6 is 11.6 Å². The molecule has 0 spiro atoms. The van der Waals surface area contributed by atoms with Crippen LogP contribution in [0.1, 0.15) is 47.5 Å². The van der Waals surface area contributed by atoms with Crippen LogP contribution in [-0.2, 0) is 4.74 Å². The van der Waals surface area contributed by atoms with Crippen molar-refractivity contribution in [2.45, 2.75) is 31.6 Å². The largest absolute Gasteiger partial charge is 0.381 e. The maximum atomic E-state index is 12.3. The summed E-state index contributed by atoms with van der Waals surface area (Å²) in [6, 6.07) is 1.84. The molecule has 1 saturated heterocycles. The molecule has 1 N–H and O–H groups in total. The first-order chi connectivity index (χ1) is 9.74. The molecule has 1 saturated carbocycles. The van der Waals surface area contributed by atoms with E-state index in [0.29, 0.717) is 22.6 Å². The van der Waals surface area contributed by atoms with Gasteiger partial charge in [-0.1, -0.05) is 11.6 Å². The molecule has 1 aromatic heterocycles. The fourth-order valence-electron chi connectivity index (χ4n) is 2.65. The molecular weight excluding hydrogens is 276 g/mol. The van der Waals surface area contributed by atoms with Crippen molar-refractivity contribution in [3.63, 3.8) is 0 Å².